The molecule has 0 saturated carbocycles. The third kappa shape index (κ3) is 5.92. The zero-order valence-electron chi connectivity index (χ0n) is 10.6. The zero-order valence-corrected chi connectivity index (χ0v) is 11.8. The lowest BCUT2D eigenvalue weighted by atomic mass is 10.2. The third-order valence-corrected chi connectivity index (χ3v) is 4.40. The van der Waals surface area contributed by atoms with E-state index < -0.39 is 15.0 Å². The van der Waals surface area contributed by atoms with Gasteiger partial charge >= 0.3 is 9.28 Å². The number of hydrogen-bond donors (Lipinski definition) is 1. The second-order valence-corrected chi connectivity index (χ2v) is 6.00. The van der Waals surface area contributed by atoms with Crippen LogP contribution in [0.5, 0.6) is 0 Å². The monoisotopic (exact) mass is 286 g/mol. The Morgan fingerprint density at radius 1 is 1.06 bits per heavy atom. The highest BCUT2D eigenvalue weighted by molar-refractivity contribution is 6.45. The van der Waals surface area contributed by atoms with Crippen molar-refractivity contribution in [2.24, 2.45) is 0 Å². The zero-order chi connectivity index (χ0) is 12.5. The first-order valence-corrected chi connectivity index (χ1v) is 7.86. The van der Waals surface area contributed by atoms with E-state index in [1.165, 1.54) is 0 Å². The van der Waals surface area contributed by atoms with Crippen molar-refractivity contribution in [3.8, 4) is 0 Å². The van der Waals surface area contributed by atoms with Gasteiger partial charge in [-0.25, -0.2) is 0 Å². The number of benzene rings is 1. The summed E-state index contributed by atoms with van der Waals surface area (Å²) in [6.45, 7) is 5.43. The molecular weight excluding hydrogens is 260 g/mol. The second-order valence-electron chi connectivity index (χ2n) is 3.97. The Bertz CT molecular complexity index is 288. The summed E-state index contributed by atoms with van der Waals surface area (Å²) in [6, 6.07) is 9.60. The predicted molar refractivity (Wildman–Crippen MR) is 82.4 cm³/mol. The Morgan fingerprint density at radius 3 is 2.00 bits per heavy atom. The molecule has 0 saturated heterocycles. The molecule has 0 aliphatic rings. The van der Waals surface area contributed by atoms with Crippen LogP contribution in [0.2, 0.25) is 0 Å². The van der Waals surface area contributed by atoms with E-state index in [0.29, 0.717) is 13.2 Å². The first-order chi connectivity index (χ1) is 8.29. The van der Waals surface area contributed by atoms with Crippen LogP contribution in [0.15, 0.2) is 30.3 Å². The predicted octanol–water partition coefficient (Wildman–Crippen LogP) is 0.881. The molecule has 0 radical (unpaired) electrons. The fourth-order valence-corrected chi connectivity index (χ4v) is 3.44. The Labute approximate surface area is 116 Å². The van der Waals surface area contributed by atoms with E-state index >= 15 is 0 Å². The van der Waals surface area contributed by atoms with Crippen LogP contribution < -0.4 is 0 Å². The number of aliphatic hydroxyl groups excluding tert-OH is 1. The van der Waals surface area contributed by atoms with Crippen molar-refractivity contribution in [3.05, 3.63) is 35.9 Å². The summed E-state index contributed by atoms with van der Waals surface area (Å²) in [6.07, 6.45) is 1.89. The summed E-state index contributed by atoms with van der Waals surface area (Å²) >= 11 is 0. The maximum atomic E-state index is 10.2. The molecule has 0 bridgehead atoms. The van der Waals surface area contributed by atoms with Gasteiger partial charge in [-0.05, 0) is 29.4 Å². The molecule has 0 fully saturated rings. The summed E-state index contributed by atoms with van der Waals surface area (Å²) in [7, 11) is -2.03. The van der Waals surface area contributed by atoms with E-state index in [0.717, 1.165) is 18.4 Å². The summed E-state index contributed by atoms with van der Waals surface area (Å²) in [4.78, 5) is 0. The fourth-order valence-electron chi connectivity index (χ4n) is 1.51. The van der Waals surface area contributed by atoms with Crippen molar-refractivity contribution in [2.45, 2.75) is 32.4 Å². The minimum Gasteiger partial charge on any atom is -0.395 e. The van der Waals surface area contributed by atoms with Gasteiger partial charge in [0.1, 0.15) is 5.73 Å². The second kappa shape index (κ2) is 10.5. The lowest BCUT2D eigenvalue weighted by Gasteiger charge is -2.21. The average Bonchev–Trinajstić information content (AvgIpc) is 2.39. The van der Waals surface area contributed by atoms with Gasteiger partial charge < -0.3 is 14.0 Å². The molecule has 1 N–H and O–H groups in total. The normalized spacial score (nSPS) is 12.2. The molecule has 3 nitrogen and oxygen atoms in total. The third-order valence-electron chi connectivity index (χ3n) is 2.37. The van der Waals surface area contributed by atoms with Gasteiger partial charge in [-0.15, -0.1) is 0 Å². The SMILES string of the molecule is CCCO[SiH](OCCC)C(O)c1ccccc1.[SiH4]. The van der Waals surface area contributed by atoms with Crippen molar-refractivity contribution in [1.82, 2.24) is 0 Å². The maximum Gasteiger partial charge on any atom is 0.355 e. The molecule has 1 aromatic rings. The van der Waals surface area contributed by atoms with E-state index in [9.17, 15) is 5.11 Å². The Morgan fingerprint density at radius 2 is 1.56 bits per heavy atom. The van der Waals surface area contributed by atoms with Crippen LogP contribution in [0.25, 0.3) is 0 Å². The standard InChI is InChI=1S/C13H22O3Si.H4Si/c1-3-10-15-17(16-11-4-2)13(14)12-8-6-5-7-9-12;/h5-9,13-14,17H,3-4,10-11H2,1-2H3;1H4. The van der Waals surface area contributed by atoms with E-state index in [1.54, 1.807) is 0 Å². The van der Waals surface area contributed by atoms with Crippen LogP contribution in [0.4, 0.5) is 0 Å². The highest BCUT2D eigenvalue weighted by Gasteiger charge is 2.25. The number of hydrogen-bond acceptors (Lipinski definition) is 3. The lowest BCUT2D eigenvalue weighted by molar-refractivity contribution is 0.129. The minimum absolute atomic E-state index is 0. The molecule has 18 heavy (non-hydrogen) atoms. The van der Waals surface area contributed by atoms with Gasteiger partial charge in [0.05, 0.1) is 0 Å². The first kappa shape index (κ1) is 17.5. The highest BCUT2D eigenvalue weighted by Crippen LogP contribution is 2.17. The Kier molecular flexibility index (Phi) is 10.2. The van der Waals surface area contributed by atoms with Crippen molar-refractivity contribution in [1.29, 1.82) is 0 Å². The summed E-state index contributed by atoms with van der Waals surface area (Å²) in [5.74, 6) is 0. The first-order valence-electron chi connectivity index (χ1n) is 6.25. The van der Waals surface area contributed by atoms with Crippen LogP contribution in [-0.2, 0) is 8.85 Å². The molecule has 0 heterocycles. The van der Waals surface area contributed by atoms with Crippen LogP contribution in [0.3, 0.4) is 0 Å². The Balaban J connectivity index is 0.00000289. The minimum atomic E-state index is -2.03. The largest absolute Gasteiger partial charge is 0.395 e. The molecule has 104 valence electrons. The maximum absolute atomic E-state index is 10.2. The van der Waals surface area contributed by atoms with E-state index in [-0.39, 0.29) is 11.0 Å². The van der Waals surface area contributed by atoms with Crippen molar-refractivity contribution in [2.75, 3.05) is 13.2 Å². The van der Waals surface area contributed by atoms with Crippen LogP contribution >= 0.6 is 0 Å². The van der Waals surface area contributed by atoms with Gasteiger partial charge in [-0.1, -0.05) is 44.2 Å². The molecule has 5 heteroatoms. The lowest BCUT2D eigenvalue weighted by Crippen LogP contribution is -2.32. The van der Waals surface area contributed by atoms with Crippen LogP contribution in [-0.4, -0.2) is 38.6 Å². The van der Waals surface area contributed by atoms with Crippen molar-refractivity contribution in [3.63, 3.8) is 0 Å². The molecule has 1 aromatic carbocycles. The van der Waals surface area contributed by atoms with E-state index in [4.69, 9.17) is 8.85 Å². The molecule has 1 rings (SSSR count). The summed E-state index contributed by atoms with van der Waals surface area (Å²) < 4.78 is 11.4. The molecule has 1 unspecified atom stereocenters. The van der Waals surface area contributed by atoms with Crippen LogP contribution in [0, 0.1) is 0 Å². The van der Waals surface area contributed by atoms with E-state index in [1.807, 2.05) is 30.3 Å². The fraction of sp³-hybridized carbons (Fsp3) is 0.538. The highest BCUT2D eigenvalue weighted by atomic mass is 28.3. The Hall–Kier alpha value is -0.466. The summed E-state index contributed by atoms with van der Waals surface area (Å²) in [5, 5.41) is 10.2. The molecule has 0 aromatic heterocycles. The van der Waals surface area contributed by atoms with Gasteiger partial charge in [0.2, 0.25) is 0 Å². The molecule has 0 amide bonds. The average molecular weight is 287 g/mol. The quantitative estimate of drug-likeness (QED) is 0.721. The summed E-state index contributed by atoms with van der Waals surface area (Å²) in [5.41, 5.74) is 0.297. The number of rotatable bonds is 8. The van der Waals surface area contributed by atoms with Crippen molar-refractivity contribution >= 4 is 20.2 Å². The molecular formula is C13H26O3Si2. The topological polar surface area (TPSA) is 38.7 Å². The van der Waals surface area contributed by atoms with Gasteiger partial charge in [0.25, 0.3) is 0 Å². The molecule has 0 aliphatic heterocycles. The van der Waals surface area contributed by atoms with Gasteiger partial charge in [-0.2, -0.15) is 0 Å². The van der Waals surface area contributed by atoms with Gasteiger partial charge in [0.15, 0.2) is 0 Å². The number of aliphatic hydroxyl groups is 1. The smallest absolute Gasteiger partial charge is 0.355 e. The van der Waals surface area contributed by atoms with Gasteiger partial charge in [0, 0.05) is 13.2 Å². The van der Waals surface area contributed by atoms with E-state index in [2.05, 4.69) is 13.8 Å². The molecule has 0 spiro atoms. The van der Waals surface area contributed by atoms with Crippen LogP contribution in [0.1, 0.15) is 38.0 Å². The molecule has 0 aliphatic carbocycles. The molecule has 1 atom stereocenters. The van der Waals surface area contributed by atoms with Gasteiger partial charge in [-0.3, -0.25) is 0 Å². The van der Waals surface area contributed by atoms with Crippen molar-refractivity contribution < 1.29 is 14.0 Å².